The molecule has 0 amide bonds. The number of hydrogen-bond donors (Lipinski definition) is 1. The zero-order valence-electron chi connectivity index (χ0n) is 10.7. The van der Waals surface area contributed by atoms with Crippen LogP contribution in [0.5, 0.6) is 0 Å². The maximum Gasteiger partial charge on any atom is 0.0955 e. The molecule has 1 aliphatic rings. The van der Waals surface area contributed by atoms with Gasteiger partial charge in [0.1, 0.15) is 0 Å². The molecule has 0 aliphatic carbocycles. The van der Waals surface area contributed by atoms with Crippen molar-refractivity contribution < 1.29 is 4.74 Å². The van der Waals surface area contributed by atoms with Gasteiger partial charge in [-0.15, -0.1) is 0 Å². The number of benzene rings is 1. The molecule has 1 N–H and O–H groups in total. The van der Waals surface area contributed by atoms with E-state index in [0.29, 0.717) is 6.10 Å². The molecular weight excluding hydrogens is 226 g/mol. The topological polar surface area (TPSA) is 39.1 Å². The Morgan fingerprint density at radius 2 is 2.44 bits per heavy atom. The average Bonchev–Trinajstić information content (AvgIpc) is 2.79. The summed E-state index contributed by atoms with van der Waals surface area (Å²) < 4.78 is 7.76. The number of nitrogens with one attached hydrogen (secondary N) is 1. The van der Waals surface area contributed by atoms with Crippen molar-refractivity contribution in [3.05, 3.63) is 30.1 Å². The molecule has 3 rings (SSSR count). The third-order valence-electron chi connectivity index (χ3n) is 3.55. The lowest BCUT2D eigenvalue weighted by Crippen LogP contribution is -2.38. The molecule has 1 aromatic heterocycles. The quantitative estimate of drug-likeness (QED) is 0.890. The summed E-state index contributed by atoms with van der Waals surface area (Å²) in [5, 5.41) is 3.36. The summed E-state index contributed by atoms with van der Waals surface area (Å²) in [5.74, 6) is 0. The van der Waals surface area contributed by atoms with E-state index in [0.717, 1.165) is 38.1 Å². The molecule has 4 nitrogen and oxygen atoms in total. The Morgan fingerprint density at radius 3 is 3.28 bits per heavy atom. The third kappa shape index (κ3) is 2.40. The number of rotatable bonds is 3. The first-order valence-corrected chi connectivity index (χ1v) is 6.55. The highest BCUT2D eigenvalue weighted by Gasteiger charge is 2.13. The average molecular weight is 245 g/mol. The van der Waals surface area contributed by atoms with Crippen LogP contribution in [0, 0.1) is 0 Å². The number of hydrogen-bond acceptors (Lipinski definition) is 3. The molecule has 96 valence electrons. The molecule has 0 saturated carbocycles. The first kappa shape index (κ1) is 11.7. The van der Waals surface area contributed by atoms with Gasteiger partial charge in [-0.2, -0.15) is 0 Å². The van der Waals surface area contributed by atoms with Gasteiger partial charge in [-0.05, 0) is 30.5 Å². The second-order valence-corrected chi connectivity index (χ2v) is 4.91. The summed E-state index contributed by atoms with van der Waals surface area (Å²) in [6, 6.07) is 6.53. The number of imidazole rings is 1. The first-order chi connectivity index (χ1) is 8.83. The van der Waals surface area contributed by atoms with Crippen molar-refractivity contribution in [2.24, 2.45) is 7.05 Å². The van der Waals surface area contributed by atoms with E-state index in [1.807, 2.05) is 17.9 Å². The van der Waals surface area contributed by atoms with E-state index in [9.17, 15) is 0 Å². The molecule has 1 aromatic carbocycles. The summed E-state index contributed by atoms with van der Waals surface area (Å²) >= 11 is 0. The Balaban J connectivity index is 1.66. The first-order valence-electron chi connectivity index (χ1n) is 6.55. The minimum atomic E-state index is 0.359. The van der Waals surface area contributed by atoms with Gasteiger partial charge in [0.15, 0.2) is 0 Å². The number of fused-ring (bicyclic) bond motifs is 1. The lowest BCUT2D eigenvalue weighted by atomic mass is 10.1. The van der Waals surface area contributed by atoms with Crippen LogP contribution in [0.3, 0.4) is 0 Å². The largest absolute Gasteiger partial charge is 0.376 e. The molecule has 0 bridgehead atoms. The fraction of sp³-hybridized carbons (Fsp3) is 0.500. The van der Waals surface area contributed by atoms with Gasteiger partial charge in [0.2, 0.25) is 0 Å². The van der Waals surface area contributed by atoms with Crippen LogP contribution in [0.1, 0.15) is 12.0 Å². The fourth-order valence-corrected chi connectivity index (χ4v) is 2.47. The molecule has 0 spiro atoms. The van der Waals surface area contributed by atoms with Crippen LogP contribution >= 0.6 is 0 Å². The van der Waals surface area contributed by atoms with E-state index in [-0.39, 0.29) is 0 Å². The van der Waals surface area contributed by atoms with Gasteiger partial charge in [0.25, 0.3) is 0 Å². The lowest BCUT2D eigenvalue weighted by Gasteiger charge is -2.23. The van der Waals surface area contributed by atoms with E-state index in [4.69, 9.17) is 4.74 Å². The Kier molecular flexibility index (Phi) is 3.30. The molecule has 1 fully saturated rings. The molecule has 1 aliphatic heterocycles. The van der Waals surface area contributed by atoms with Gasteiger partial charge in [-0.3, -0.25) is 0 Å². The Bertz CT molecular complexity index is 529. The number of nitrogens with zero attached hydrogens (tertiary/aromatic N) is 2. The van der Waals surface area contributed by atoms with Crippen LogP contribution in [0.15, 0.2) is 24.5 Å². The molecule has 2 aromatic rings. The molecular formula is C14H19N3O. The maximum atomic E-state index is 5.71. The number of morpholine rings is 1. The second kappa shape index (κ2) is 5.08. The SMILES string of the molecule is Cn1cnc2cc(CCC3CNCCO3)ccc21. The summed E-state index contributed by atoms with van der Waals surface area (Å²) in [4.78, 5) is 4.39. The standard InChI is InChI=1S/C14H19N3O/c1-17-10-16-13-8-11(3-5-14(13)17)2-4-12-9-15-6-7-18-12/h3,5,8,10,12,15H,2,4,6-7,9H2,1H3. The van der Waals surface area contributed by atoms with E-state index in [2.05, 4.69) is 28.5 Å². The monoisotopic (exact) mass is 245 g/mol. The molecule has 1 saturated heterocycles. The minimum absolute atomic E-state index is 0.359. The van der Waals surface area contributed by atoms with Gasteiger partial charge >= 0.3 is 0 Å². The van der Waals surface area contributed by atoms with Crippen molar-refractivity contribution >= 4 is 11.0 Å². The van der Waals surface area contributed by atoms with Crippen molar-refractivity contribution in [3.63, 3.8) is 0 Å². The van der Waals surface area contributed by atoms with Crippen LogP contribution in [-0.4, -0.2) is 35.4 Å². The van der Waals surface area contributed by atoms with Crippen LogP contribution in [-0.2, 0) is 18.2 Å². The maximum absolute atomic E-state index is 5.71. The highest BCUT2D eigenvalue weighted by molar-refractivity contribution is 5.75. The van der Waals surface area contributed by atoms with Gasteiger partial charge in [0, 0.05) is 20.1 Å². The number of aryl methyl sites for hydroxylation is 2. The zero-order valence-corrected chi connectivity index (χ0v) is 10.7. The van der Waals surface area contributed by atoms with Crippen LogP contribution in [0.4, 0.5) is 0 Å². The van der Waals surface area contributed by atoms with Crippen LogP contribution < -0.4 is 5.32 Å². The van der Waals surface area contributed by atoms with Crippen molar-refractivity contribution in [1.82, 2.24) is 14.9 Å². The van der Waals surface area contributed by atoms with E-state index in [1.165, 1.54) is 11.1 Å². The van der Waals surface area contributed by atoms with Gasteiger partial charge in [-0.1, -0.05) is 6.07 Å². The molecule has 18 heavy (non-hydrogen) atoms. The molecule has 0 radical (unpaired) electrons. The van der Waals surface area contributed by atoms with E-state index in [1.54, 1.807) is 0 Å². The normalized spacial score (nSPS) is 20.4. The second-order valence-electron chi connectivity index (χ2n) is 4.91. The van der Waals surface area contributed by atoms with Crippen molar-refractivity contribution in [2.75, 3.05) is 19.7 Å². The summed E-state index contributed by atoms with van der Waals surface area (Å²) in [5.41, 5.74) is 3.61. The molecule has 2 heterocycles. The summed E-state index contributed by atoms with van der Waals surface area (Å²) in [6.07, 6.45) is 4.35. The van der Waals surface area contributed by atoms with Crippen LogP contribution in [0.2, 0.25) is 0 Å². The Labute approximate surface area is 107 Å². The fourth-order valence-electron chi connectivity index (χ4n) is 2.47. The van der Waals surface area contributed by atoms with Crippen molar-refractivity contribution in [2.45, 2.75) is 18.9 Å². The minimum Gasteiger partial charge on any atom is -0.376 e. The Hall–Kier alpha value is -1.39. The molecule has 1 unspecified atom stereocenters. The molecule has 4 heteroatoms. The predicted molar refractivity (Wildman–Crippen MR) is 71.6 cm³/mol. The summed E-state index contributed by atoms with van der Waals surface area (Å²) in [7, 11) is 2.02. The highest BCUT2D eigenvalue weighted by atomic mass is 16.5. The Morgan fingerprint density at radius 1 is 1.50 bits per heavy atom. The van der Waals surface area contributed by atoms with Crippen LogP contribution in [0.25, 0.3) is 11.0 Å². The van der Waals surface area contributed by atoms with E-state index < -0.39 is 0 Å². The smallest absolute Gasteiger partial charge is 0.0955 e. The molecule has 1 atom stereocenters. The van der Waals surface area contributed by atoms with Crippen molar-refractivity contribution in [1.29, 1.82) is 0 Å². The number of ether oxygens (including phenoxy) is 1. The lowest BCUT2D eigenvalue weighted by molar-refractivity contribution is 0.0238. The van der Waals surface area contributed by atoms with Gasteiger partial charge < -0.3 is 14.6 Å². The van der Waals surface area contributed by atoms with Gasteiger partial charge in [0.05, 0.1) is 30.1 Å². The zero-order chi connectivity index (χ0) is 12.4. The van der Waals surface area contributed by atoms with E-state index >= 15 is 0 Å². The number of aromatic nitrogens is 2. The van der Waals surface area contributed by atoms with Gasteiger partial charge in [-0.25, -0.2) is 4.98 Å². The van der Waals surface area contributed by atoms with Crippen molar-refractivity contribution in [3.8, 4) is 0 Å². The summed E-state index contributed by atoms with van der Waals surface area (Å²) in [6.45, 7) is 2.80. The highest BCUT2D eigenvalue weighted by Crippen LogP contribution is 2.16. The predicted octanol–water partition coefficient (Wildman–Crippen LogP) is 1.49. The third-order valence-corrected chi connectivity index (χ3v) is 3.55.